The van der Waals surface area contributed by atoms with Crippen LogP contribution in [-0.4, -0.2) is 7.11 Å². The van der Waals surface area contributed by atoms with Crippen molar-refractivity contribution < 1.29 is 4.74 Å². The second kappa shape index (κ2) is 4.01. The van der Waals surface area contributed by atoms with E-state index in [2.05, 4.69) is 40.2 Å². The Bertz CT molecular complexity index is 451. The van der Waals surface area contributed by atoms with Crippen LogP contribution in [0.5, 0.6) is 5.75 Å². The summed E-state index contributed by atoms with van der Waals surface area (Å²) >= 11 is 3.45. The number of rotatable bonds is 2. The lowest BCUT2D eigenvalue weighted by Gasteiger charge is -2.07. The first-order chi connectivity index (χ1) is 6.85. The highest BCUT2D eigenvalue weighted by Gasteiger charge is 2.02. The zero-order chi connectivity index (χ0) is 9.97. The van der Waals surface area contributed by atoms with E-state index in [-0.39, 0.29) is 0 Å². The molecule has 14 heavy (non-hydrogen) atoms. The molecule has 2 aromatic carbocycles. The fourth-order valence-electron chi connectivity index (χ4n) is 1.58. The maximum Gasteiger partial charge on any atom is 0.126 e. The van der Waals surface area contributed by atoms with Crippen molar-refractivity contribution in [1.29, 1.82) is 0 Å². The first-order valence-corrected chi connectivity index (χ1v) is 5.59. The number of methoxy groups -OCH3 is 1. The molecule has 0 fully saturated rings. The Balaban J connectivity index is 2.73. The normalized spacial score (nSPS) is 10.4. The third-order valence-corrected chi connectivity index (χ3v) is 2.91. The van der Waals surface area contributed by atoms with E-state index in [0.29, 0.717) is 0 Å². The molecule has 0 aliphatic rings. The van der Waals surface area contributed by atoms with Crippen LogP contribution in [0.15, 0.2) is 36.4 Å². The maximum absolute atomic E-state index is 5.35. The molecule has 0 saturated heterocycles. The van der Waals surface area contributed by atoms with Crippen LogP contribution < -0.4 is 4.74 Å². The zero-order valence-electron chi connectivity index (χ0n) is 7.96. The molecular formula is C12H11BrO. The smallest absolute Gasteiger partial charge is 0.126 e. The minimum atomic E-state index is 0.855. The second-order valence-corrected chi connectivity index (χ2v) is 3.71. The maximum atomic E-state index is 5.35. The van der Waals surface area contributed by atoms with Gasteiger partial charge in [-0.3, -0.25) is 0 Å². The first-order valence-electron chi connectivity index (χ1n) is 4.47. The Hall–Kier alpha value is -1.02. The molecule has 0 bridgehead atoms. The van der Waals surface area contributed by atoms with E-state index in [1.807, 2.05) is 12.1 Å². The number of hydrogen-bond donors (Lipinski definition) is 0. The molecule has 72 valence electrons. The minimum Gasteiger partial charge on any atom is -0.496 e. The summed E-state index contributed by atoms with van der Waals surface area (Å²) in [7, 11) is 1.71. The number of fused-ring (bicyclic) bond motifs is 1. The lowest BCUT2D eigenvalue weighted by atomic mass is 10.1. The van der Waals surface area contributed by atoms with Gasteiger partial charge >= 0.3 is 0 Å². The minimum absolute atomic E-state index is 0.855. The molecule has 0 spiro atoms. The van der Waals surface area contributed by atoms with E-state index in [0.717, 1.165) is 11.1 Å². The van der Waals surface area contributed by atoms with Gasteiger partial charge in [0.25, 0.3) is 0 Å². The van der Waals surface area contributed by atoms with Gasteiger partial charge in [0.05, 0.1) is 7.11 Å². The Kier molecular flexibility index (Phi) is 2.73. The Labute approximate surface area is 91.8 Å². The number of benzene rings is 2. The molecule has 0 saturated carbocycles. The van der Waals surface area contributed by atoms with E-state index in [1.54, 1.807) is 7.11 Å². The summed E-state index contributed by atoms with van der Waals surface area (Å²) in [4.78, 5) is 0. The average molecular weight is 251 g/mol. The van der Waals surface area contributed by atoms with E-state index in [9.17, 15) is 0 Å². The summed E-state index contributed by atoms with van der Waals surface area (Å²) in [5.74, 6) is 0.942. The van der Waals surface area contributed by atoms with Crippen molar-refractivity contribution in [2.75, 3.05) is 7.11 Å². The van der Waals surface area contributed by atoms with Gasteiger partial charge in [0.1, 0.15) is 5.75 Å². The molecule has 0 aliphatic carbocycles. The SMILES string of the molecule is COc1cc(CBr)cc2ccccc12. The van der Waals surface area contributed by atoms with E-state index in [4.69, 9.17) is 4.74 Å². The van der Waals surface area contributed by atoms with Crippen molar-refractivity contribution in [2.45, 2.75) is 5.33 Å². The highest BCUT2D eigenvalue weighted by Crippen LogP contribution is 2.27. The third-order valence-electron chi connectivity index (χ3n) is 2.26. The van der Waals surface area contributed by atoms with Gasteiger partial charge in [0.15, 0.2) is 0 Å². The van der Waals surface area contributed by atoms with Crippen LogP contribution in [0.4, 0.5) is 0 Å². The Morgan fingerprint density at radius 3 is 2.71 bits per heavy atom. The van der Waals surface area contributed by atoms with E-state index < -0.39 is 0 Å². The van der Waals surface area contributed by atoms with Crippen LogP contribution >= 0.6 is 15.9 Å². The monoisotopic (exact) mass is 250 g/mol. The van der Waals surface area contributed by atoms with Crippen LogP contribution in [-0.2, 0) is 5.33 Å². The van der Waals surface area contributed by atoms with Crippen molar-refractivity contribution in [3.05, 3.63) is 42.0 Å². The highest BCUT2D eigenvalue weighted by atomic mass is 79.9. The summed E-state index contributed by atoms with van der Waals surface area (Å²) in [5, 5.41) is 3.25. The van der Waals surface area contributed by atoms with Gasteiger partial charge in [-0.1, -0.05) is 46.3 Å². The molecule has 2 rings (SSSR count). The Morgan fingerprint density at radius 1 is 1.21 bits per heavy atom. The van der Waals surface area contributed by atoms with Gasteiger partial charge in [0.2, 0.25) is 0 Å². The van der Waals surface area contributed by atoms with Crippen molar-refractivity contribution in [3.63, 3.8) is 0 Å². The third kappa shape index (κ3) is 1.62. The van der Waals surface area contributed by atoms with Crippen LogP contribution in [0.3, 0.4) is 0 Å². The predicted octanol–water partition coefficient (Wildman–Crippen LogP) is 3.74. The van der Waals surface area contributed by atoms with E-state index in [1.165, 1.54) is 16.3 Å². The highest BCUT2D eigenvalue weighted by molar-refractivity contribution is 9.08. The van der Waals surface area contributed by atoms with Crippen LogP contribution in [0.2, 0.25) is 0 Å². The summed E-state index contributed by atoms with van der Waals surface area (Å²) in [6.07, 6.45) is 0. The van der Waals surface area contributed by atoms with Crippen molar-refractivity contribution >= 4 is 26.7 Å². The van der Waals surface area contributed by atoms with Crippen molar-refractivity contribution in [1.82, 2.24) is 0 Å². The molecule has 0 aliphatic heterocycles. The Morgan fingerprint density at radius 2 is 2.00 bits per heavy atom. The number of halogens is 1. The molecule has 0 heterocycles. The molecule has 0 unspecified atom stereocenters. The molecular weight excluding hydrogens is 240 g/mol. The number of ether oxygens (including phenoxy) is 1. The zero-order valence-corrected chi connectivity index (χ0v) is 9.54. The second-order valence-electron chi connectivity index (χ2n) is 3.15. The van der Waals surface area contributed by atoms with Gasteiger partial charge in [-0.2, -0.15) is 0 Å². The van der Waals surface area contributed by atoms with E-state index >= 15 is 0 Å². The lowest BCUT2D eigenvalue weighted by molar-refractivity contribution is 0.419. The van der Waals surface area contributed by atoms with Crippen LogP contribution in [0.25, 0.3) is 10.8 Å². The fourth-order valence-corrected chi connectivity index (χ4v) is 1.90. The quantitative estimate of drug-likeness (QED) is 0.738. The topological polar surface area (TPSA) is 9.23 Å². The predicted molar refractivity (Wildman–Crippen MR) is 63.1 cm³/mol. The van der Waals surface area contributed by atoms with Crippen LogP contribution in [0.1, 0.15) is 5.56 Å². The molecule has 0 atom stereocenters. The molecule has 0 N–H and O–H groups in total. The lowest BCUT2D eigenvalue weighted by Crippen LogP contribution is -1.87. The summed E-state index contributed by atoms with van der Waals surface area (Å²) in [6, 6.07) is 12.5. The van der Waals surface area contributed by atoms with Gasteiger partial charge in [-0.15, -0.1) is 0 Å². The van der Waals surface area contributed by atoms with Gasteiger partial charge in [-0.05, 0) is 17.0 Å². The van der Waals surface area contributed by atoms with Crippen molar-refractivity contribution in [2.24, 2.45) is 0 Å². The van der Waals surface area contributed by atoms with Crippen LogP contribution in [0, 0.1) is 0 Å². The summed E-state index contributed by atoms with van der Waals surface area (Å²) < 4.78 is 5.35. The number of alkyl halides is 1. The van der Waals surface area contributed by atoms with Gasteiger partial charge in [0, 0.05) is 10.7 Å². The molecule has 0 amide bonds. The summed E-state index contributed by atoms with van der Waals surface area (Å²) in [6.45, 7) is 0. The first kappa shape index (κ1) is 9.53. The largest absolute Gasteiger partial charge is 0.496 e. The summed E-state index contributed by atoms with van der Waals surface area (Å²) in [5.41, 5.74) is 1.24. The molecule has 2 aromatic rings. The molecule has 2 heteroatoms. The fraction of sp³-hybridized carbons (Fsp3) is 0.167. The average Bonchev–Trinajstić information content (AvgIpc) is 2.27. The number of hydrogen-bond acceptors (Lipinski definition) is 1. The standard InChI is InChI=1S/C12H11BrO/c1-14-12-7-9(8-13)6-10-4-2-3-5-11(10)12/h2-7H,8H2,1H3. The molecule has 0 radical (unpaired) electrons. The van der Waals surface area contributed by atoms with Gasteiger partial charge in [-0.25, -0.2) is 0 Å². The van der Waals surface area contributed by atoms with Crippen molar-refractivity contribution in [3.8, 4) is 5.75 Å². The molecule has 1 nitrogen and oxygen atoms in total. The van der Waals surface area contributed by atoms with Gasteiger partial charge < -0.3 is 4.74 Å². The molecule has 0 aromatic heterocycles.